The molecule has 2 heterocycles. The molecular formula is C19H22N2OS. The number of anilines is 2. The van der Waals surface area contributed by atoms with Crippen LogP contribution in [0, 0.1) is 5.92 Å². The van der Waals surface area contributed by atoms with E-state index in [1.54, 1.807) is 0 Å². The molecule has 0 aliphatic carbocycles. The number of hydrogen-bond acceptors (Lipinski definition) is 4. The van der Waals surface area contributed by atoms with Gasteiger partial charge in [-0.05, 0) is 37.7 Å². The third-order valence-corrected chi connectivity index (χ3v) is 5.98. The van der Waals surface area contributed by atoms with E-state index in [4.69, 9.17) is 0 Å². The number of benzene rings is 2. The van der Waals surface area contributed by atoms with E-state index in [2.05, 4.69) is 65.4 Å². The Bertz CT molecular complexity index is 660. The first-order valence-corrected chi connectivity index (χ1v) is 9.04. The molecule has 2 aliphatic heterocycles. The van der Waals surface area contributed by atoms with Crippen LogP contribution >= 0.6 is 11.8 Å². The van der Waals surface area contributed by atoms with Gasteiger partial charge in [0.25, 0.3) is 0 Å². The molecule has 1 fully saturated rings. The number of piperidine rings is 1. The molecular weight excluding hydrogens is 304 g/mol. The molecule has 4 heteroatoms. The highest BCUT2D eigenvalue weighted by Gasteiger charge is 2.31. The molecule has 120 valence electrons. The molecule has 2 unspecified atom stereocenters. The molecule has 0 radical (unpaired) electrons. The van der Waals surface area contributed by atoms with Gasteiger partial charge in [-0.25, -0.2) is 0 Å². The molecule has 0 bridgehead atoms. The van der Waals surface area contributed by atoms with Crippen LogP contribution in [0.1, 0.15) is 6.42 Å². The van der Waals surface area contributed by atoms with Gasteiger partial charge in [0.15, 0.2) is 0 Å². The smallest absolute Gasteiger partial charge is 0.0609 e. The Labute approximate surface area is 141 Å². The van der Waals surface area contributed by atoms with Gasteiger partial charge in [-0.15, -0.1) is 0 Å². The van der Waals surface area contributed by atoms with Gasteiger partial charge in [0, 0.05) is 35.3 Å². The summed E-state index contributed by atoms with van der Waals surface area (Å²) in [7, 11) is 2.15. The van der Waals surface area contributed by atoms with Crippen molar-refractivity contribution in [3.63, 3.8) is 0 Å². The van der Waals surface area contributed by atoms with Gasteiger partial charge in [0.1, 0.15) is 0 Å². The zero-order valence-electron chi connectivity index (χ0n) is 13.4. The number of likely N-dealkylation sites (tertiary alicyclic amines) is 1. The second-order valence-electron chi connectivity index (χ2n) is 6.53. The summed E-state index contributed by atoms with van der Waals surface area (Å²) in [5, 5.41) is 10.5. The van der Waals surface area contributed by atoms with E-state index < -0.39 is 0 Å². The summed E-state index contributed by atoms with van der Waals surface area (Å²) in [4.78, 5) is 7.32. The number of hydrogen-bond donors (Lipinski definition) is 1. The normalized spacial score (nSPS) is 24.2. The maximum Gasteiger partial charge on any atom is 0.0609 e. The van der Waals surface area contributed by atoms with Crippen molar-refractivity contribution in [3.8, 4) is 0 Å². The van der Waals surface area contributed by atoms with Crippen LogP contribution in [0.3, 0.4) is 0 Å². The Balaban J connectivity index is 1.70. The number of aliphatic hydroxyl groups is 1. The molecule has 0 aromatic heterocycles. The number of para-hydroxylation sites is 2. The molecule has 23 heavy (non-hydrogen) atoms. The van der Waals surface area contributed by atoms with Crippen LogP contribution in [0.25, 0.3) is 0 Å². The van der Waals surface area contributed by atoms with E-state index in [0.29, 0.717) is 0 Å². The molecule has 2 aromatic carbocycles. The molecule has 2 atom stereocenters. The molecule has 0 amide bonds. The average molecular weight is 326 g/mol. The average Bonchev–Trinajstić information content (AvgIpc) is 2.58. The fourth-order valence-electron chi connectivity index (χ4n) is 3.59. The van der Waals surface area contributed by atoms with Crippen molar-refractivity contribution in [1.82, 2.24) is 4.90 Å². The standard InChI is InChI=1S/C19H22N2OS/c1-20-11-10-17(22)14(12-20)13-21-15-6-2-4-8-18(15)23-19-9-5-3-7-16(19)21/h2-9,14,17,22H,10-13H2,1H3. The maximum absolute atomic E-state index is 10.5. The summed E-state index contributed by atoms with van der Waals surface area (Å²) in [5.41, 5.74) is 2.52. The van der Waals surface area contributed by atoms with Crippen molar-refractivity contribution in [2.24, 2.45) is 5.92 Å². The van der Waals surface area contributed by atoms with E-state index in [1.165, 1.54) is 21.2 Å². The van der Waals surface area contributed by atoms with E-state index in [0.717, 1.165) is 26.1 Å². The summed E-state index contributed by atoms with van der Waals surface area (Å²) in [6.45, 7) is 2.80. The Morgan fingerprint density at radius 2 is 1.65 bits per heavy atom. The first-order valence-electron chi connectivity index (χ1n) is 8.22. The highest BCUT2D eigenvalue weighted by atomic mass is 32.2. The van der Waals surface area contributed by atoms with Gasteiger partial charge in [-0.2, -0.15) is 0 Å². The van der Waals surface area contributed by atoms with Gasteiger partial charge in [0.05, 0.1) is 17.5 Å². The Kier molecular flexibility index (Phi) is 4.05. The van der Waals surface area contributed by atoms with Crippen LogP contribution in [0.4, 0.5) is 11.4 Å². The molecule has 0 spiro atoms. The molecule has 4 rings (SSSR count). The van der Waals surface area contributed by atoms with Crippen molar-refractivity contribution in [2.45, 2.75) is 22.3 Å². The lowest BCUT2D eigenvalue weighted by atomic mass is 9.94. The fourth-order valence-corrected chi connectivity index (χ4v) is 4.69. The van der Waals surface area contributed by atoms with Crippen molar-refractivity contribution >= 4 is 23.1 Å². The van der Waals surface area contributed by atoms with Gasteiger partial charge >= 0.3 is 0 Å². The van der Waals surface area contributed by atoms with Gasteiger partial charge in [-0.3, -0.25) is 0 Å². The zero-order valence-corrected chi connectivity index (χ0v) is 14.2. The number of fused-ring (bicyclic) bond motifs is 2. The first kappa shape index (κ1) is 15.1. The minimum atomic E-state index is -0.208. The lowest BCUT2D eigenvalue weighted by Crippen LogP contribution is -2.46. The third-order valence-electron chi connectivity index (χ3n) is 4.85. The number of nitrogens with zero attached hydrogens (tertiary/aromatic N) is 2. The first-order chi connectivity index (χ1) is 11.2. The summed E-state index contributed by atoms with van der Waals surface area (Å²) in [6, 6.07) is 17.2. The van der Waals surface area contributed by atoms with Gasteiger partial charge < -0.3 is 14.9 Å². The predicted molar refractivity (Wildman–Crippen MR) is 95.6 cm³/mol. The van der Waals surface area contributed by atoms with Gasteiger partial charge in [0.2, 0.25) is 0 Å². The quantitative estimate of drug-likeness (QED) is 0.912. The molecule has 1 saturated heterocycles. The van der Waals surface area contributed by atoms with Gasteiger partial charge in [-0.1, -0.05) is 36.0 Å². The summed E-state index contributed by atoms with van der Waals surface area (Å²) in [5.74, 6) is 0.276. The third kappa shape index (κ3) is 2.87. The minimum absolute atomic E-state index is 0.208. The van der Waals surface area contributed by atoms with Crippen molar-refractivity contribution in [3.05, 3.63) is 48.5 Å². The highest BCUT2D eigenvalue weighted by Crippen LogP contribution is 2.48. The van der Waals surface area contributed by atoms with Crippen molar-refractivity contribution in [2.75, 3.05) is 31.6 Å². The van der Waals surface area contributed by atoms with Crippen LogP contribution in [0.15, 0.2) is 58.3 Å². The van der Waals surface area contributed by atoms with E-state index >= 15 is 0 Å². The van der Waals surface area contributed by atoms with E-state index in [1.807, 2.05) is 11.8 Å². The van der Waals surface area contributed by atoms with Crippen LogP contribution in [-0.2, 0) is 0 Å². The SMILES string of the molecule is CN1CCC(O)C(CN2c3ccccc3Sc3ccccc32)C1. The van der Waals surface area contributed by atoms with Crippen LogP contribution in [0.2, 0.25) is 0 Å². The molecule has 1 N–H and O–H groups in total. The Morgan fingerprint density at radius 3 is 2.30 bits per heavy atom. The summed E-state index contributed by atoms with van der Waals surface area (Å²) in [6.07, 6.45) is 0.660. The molecule has 2 aliphatic rings. The largest absolute Gasteiger partial charge is 0.393 e. The van der Waals surface area contributed by atoms with Crippen LogP contribution < -0.4 is 4.90 Å². The minimum Gasteiger partial charge on any atom is -0.393 e. The molecule has 3 nitrogen and oxygen atoms in total. The Hall–Kier alpha value is -1.49. The second kappa shape index (κ2) is 6.19. The highest BCUT2D eigenvalue weighted by molar-refractivity contribution is 7.99. The van der Waals surface area contributed by atoms with Crippen molar-refractivity contribution < 1.29 is 5.11 Å². The lowest BCUT2D eigenvalue weighted by Gasteiger charge is -2.40. The number of rotatable bonds is 2. The Morgan fingerprint density at radius 1 is 1.04 bits per heavy atom. The maximum atomic E-state index is 10.5. The van der Waals surface area contributed by atoms with Crippen LogP contribution in [-0.4, -0.2) is 42.8 Å². The fraction of sp³-hybridized carbons (Fsp3) is 0.368. The predicted octanol–water partition coefficient (Wildman–Crippen LogP) is 3.60. The summed E-state index contributed by atoms with van der Waals surface area (Å²) >= 11 is 1.84. The second-order valence-corrected chi connectivity index (χ2v) is 7.61. The molecule has 2 aromatic rings. The summed E-state index contributed by atoms with van der Waals surface area (Å²) < 4.78 is 0. The van der Waals surface area contributed by atoms with E-state index in [-0.39, 0.29) is 12.0 Å². The monoisotopic (exact) mass is 326 g/mol. The number of aliphatic hydroxyl groups excluding tert-OH is 1. The topological polar surface area (TPSA) is 26.7 Å². The van der Waals surface area contributed by atoms with Crippen LogP contribution in [0.5, 0.6) is 0 Å². The molecule has 0 saturated carbocycles. The zero-order chi connectivity index (χ0) is 15.8. The van der Waals surface area contributed by atoms with Crippen molar-refractivity contribution in [1.29, 1.82) is 0 Å². The lowest BCUT2D eigenvalue weighted by molar-refractivity contribution is 0.0405. The van der Waals surface area contributed by atoms with E-state index in [9.17, 15) is 5.11 Å².